The molecule has 76 valence electrons. The van der Waals surface area contributed by atoms with E-state index in [-0.39, 0.29) is 0 Å². The first kappa shape index (κ1) is 9.85. The minimum Gasteiger partial charge on any atom is -0.327 e. The van der Waals surface area contributed by atoms with Crippen LogP contribution in [-0.4, -0.2) is 17.0 Å². The lowest BCUT2D eigenvalue weighted by molar-refractivity contribution is 0.502. The first-order chi connectivity index (χ1) is 6.36. The van der Waals surface area contributed by atoms with E-state index < -0.39 is 0 Å². The van der Waals surface area contributed by atoms with Crippen molar-refractivity contribution in [2.45, 2.75) is 56.2 Å². The molecular formula is C11H21NS. The van der Waals surface area contributed by atoms with Crippen molar-refractivity contribution in [3.63, 3.8) is 0 Å². The molecule has 0 spiro atoms. The van der Waals surface area contributed by atoms with Crippen molar-refractivity contribution in [3.05, 3.63) is 0 Å². The minimum atomic E-state index is 0.492. The summed E-state index contributed by atoms with van der Waals surface area (Å²) in [5.74, 6) is 2.40. The summed E-state index contributed by atoms with van der Waals surface area (Å²) in [6, 6.07) is 0.492. The fraction of sp³-hybridized carbons (Fsp3) is 1.00. The van der Waals surface area contributed by atoms with Crippen LogP contribution in [0.1, 0.15) is 44.9 Å². The van der Waals surface area contributed by atoms with Crippen molar-refractivity contribution in [1.29, 1.82) is 0 Å². The van der Waals surface area contributed by atoms with Gasteiger partial charge in [0.1, 0.15) is 0 Å². The Kier molecular flexibility index (Phi) is 3.56. The molecule has 1 nitrogen and oxygen atoms in total. The Bertz CT molecular complexity index is 150. The molecule has 0 radical (unpaired) electrons. The van der Waals surface area contributed by atoms with Crippen LogP contribution in [0.15, 0.2) is 0 Å². The molecule has 2 rings (SSSR count). The van der Waals surface area contributed by atoms with Gasteiger partial charge in [-0.1, -0.05) is 19.3 Å². The van der Waals surface area contributed by atoms with Crippen LogP contribution in [0.4, 0.5) is 0 Å². The molecule has 13 heavy (non-hydrogen) atoms. The highest BCUT2D eigenvalue weighted by atomic mass is 32.2. The molecule has 1 saturated carbocycles. The van der Waals surface area contributed by atoms with Crippen LogP contribution in [0, 0.1) is 5.92 Å². The summed E-state index contributed by atoms with van der Waals surface area (Å²) in [7, 11) is 0. The molecule has 1 heterocycles. The molecule has 2 aliphatic rings. The maximum atomic E-state index is 6.20. The zero-order chi connectivity index (χ0) is 9.10. The van der Waals surface area contributed by atoms with Gasteiger partial charge in [-0.15, -0.1) is 0 Å². The van der Waals surface area contributed by atoms with Gasteiger partial charge in [-0.3, -0.25) is 0 Å². The van der Waals surface area contributed by atoms with Crippen LogP contribution in [0.25, 0.3) is 0 Å². The van der Waals surface area contributed by atoms with Crippen LogP contribution >= 0.6 is 11.8 Å². The molecule has 0 aromatic rings. The largest absolute Gasteiger partial charge is 0.327 e. The van der Waals surface area contributed by atoms with Crippen molar-refractivity contribution >= 4 is 11.8 Å². The summed E-state index contributed by atoms with van der Waals surface area (Å²) < 4.78 is 0. The van der Waals surface area contributed by atoms with Crippen molar-refractivity contribution < 1.29 is 0 Å². The SMILES string of the molecule is NC(CCC1CC1)C1CCCCS1. The second-order valence-corrected chi connectivity index (χ2v) is 5.94. The Balaban J connectivity index is 1.64. The predicted molar refractivity (Wildman–Crippen MR) is 60.0 cm³/mol. The van der Waals surface area contributed by atoms with Gasteiger partial charge in [0, 0.05) is 11.3 Å². The predicted octanol–water partition coefficient (Wildman–Crippen LogP) is 2.79. The quantitative estimate of drug-likeness (QED) is 0.753. The Morgan fingerprint density at radius 2 is 2.08 bits per heavy atom. The first-order valence-corrected chi connectivity index (χ1v) is 6.78. The summed E-state index contributed by atoms with van der Waals surface area (Å²) in [5, 5.41) is 0.785. The third-order valence-corrected chi connectivity index (χ3v) is 4.84. The Labute approximate surface area is 85.8 Å². The second kappa shape index (κ2) is 4.70. The first-order valence-electron chi connectivity index (χ1n) is 5.73. The summed E-state index contributed by atoms with van der Waals surface area (Å²) >= 11 is 2.12. The summed E-state index contributed by atoms with van der Waals surface area (Å²) in [6.45, 7) is 0. The maximum Gasteiger partial charge on any atom is 0.0199 e. The summed E-state index contributed by atoms with van der Waals surface area (Å²) in [4.78, 5) is 0. The van der Waals surface area contributed by atoms with Crippen LogP contribution in [0.3, 0.4) is 0 Å². The van der Waals surface area contributed by atoms with Crippen LogP contribution in [-0.2, 0) is 0 Å². The molecule has 0 bridgehead atoms. The van der Waals surface area contributed by atoms with E-state index in [0.29, 0.717) is 6.04 Å². The second-order valence-electron chi connectivity index (χ2n) is 4.59. The van der Waals surface area contributed by atoms with Crippen LogP contribution in [0.2, 0.25) is 0 Å². The highest BCUT2D eigenvalue weighted by molar-refractivity contribution is 8.00. The van der Waals surface area contributed by atoms with E-state index in [1.165, 1.54) is 50.7 Å². The lowest BCUT2D eigenvalue weighted by Crippen LogP contribution is -2.34. The molecule has 0 aromatic carbocycles. The van der Waals surface area contributed by atoms with E-state index in [1.807, 2.05) is 0 Å². The topological polar surface area (TPSA) is 26.0 Å². The van der Waals surface area contributed by atoms with Crippen LogP contribution < -0.4 is 5.73 Å². The molecule has 2 unspecified atom stereocenters. The van der Waals surface area contributed by atoms with E-state index in [1.54, 1.807) is 0 Å². The number of rotatable bonds is 4. The third kappa shape index (κ3) is 3.17. The van der Waals surface area contributed by atoms with E-state index in [0.717, 1.165) is 11.2 Å². The van der Waals surface area contributed by atoms with Crippen LogP contribution in [0.5, 0.6) is 0 Å². The van der Waals surface area contributed by atoms with E-state index in [9.17, 15) is 0 Å². The lowest BCUT2D eigenvalue weighted by Gasteiger charge is -2.26. The molecule has 2 fully saturated rings. The molecular weight excluding hydrogens is 178 g/mol. The van der Waals surface area contributed by atoms with E-state index >= 15 is 0 Å². The average molecular weight is 199 g/mol. The Hall–Kier alpha value is 0.310. The van der Waals surface area contributed by atoms with Gasteiger partial charge in [-0.2, -0.15) is 11.8 Å². The molecule has 0 aromatic heterocycles. The molecule has 1 saturated heterocycles. The minimum absolute atomic E-state index is 0.492. The maximum absolute atomic E-state index is 6.20. The van der Waals surface area contributed by atoms with Gasteiger partial charge in [0.15, 0.2) is 0 Å². The number of hydrogen-bond donors (Lipinski definition) is 1. The van der Waals surface area contributed by atoms with Gasteiger partial charge >= 0.3 is 0 Å². The van der Waals surface area contributed by atoms with Crippen molar-refractivity contribution in [3.8, 4) is 0 Å². The zero-order valence-electron chi connectivity index (χ0n) is 8.37. The highest BCUT2D eigenvalue weighted by Crippen LogP contribution is 2.35. The molecule has 0 amide bonds. The molecule has 2 heteroatoms. The number of nitrogens with two attached hydrogens (primary N) is 1. The van der Waals surface area contributed by atoms with Gasteiger partial charge < -0.3 is 5.73 Å². The van der Waals surface area contributed by atoms with Gasteiger partial charge in [0.25, 0.3) is 0 Å². The smallest absolute Gasteiger partial charge is 0.0199 e. The summed E-state index contributed by atoms with van der Waals surface area (Å²) in [5.41, 5.74) is 6.20. The summed E-state index contributed by atoms with van der Waals surface area (Å²) in [6.07, 6.45) is 9.83. The van der Waals surface area contributed by atoms with Crippen molar-refractivity contribution in [1.82, 2.24) is 0 Å². The monoisotopic (exact) mass is 199 g/mol. The standard InChI is InChI=1S/C11H21NS/c12-10(7-6-9-4-5-9)11-3-1-2-8-13-11/h9-11H,1-8,12H2. The lowest BCUT2D eigenvalue weighted by atomic mass is 10.0. The molecule has 2 atom stereocenters. The van der Waals surface area contributed by atoms with Crippen molar-refractivity contribution in [2.24, 2.45) is 11.7 Å². The number of thioether (sulfide) groups is 1. The third-order valence-electron chi connectivity index (χ3n) is 3.30. The Morgan fingerprint density at radius 3 is 2.69 bits per heavy atom. The van der Waals surface area contributed by atoms with Gasteiger partial charge in [-0.25, -0.2) is 0 Å². The normalized spacial score (nSPS) is 31.6. The highest BCUT2D eigenvalue weighted by Gasteiger charge is 2.25. The fourth-order valence-corrected chi connectivity index (χ4v) is 3.51. The number of hydrogen-bond acceptors (Lipinski definition) is 2. The van der Waals surface area contributed by atoms with Crippen molar-refractivity contribution in [2.75, 3.05) is 5.75 Å². The molecule has 2 N–H and O–H groups in total. The van der Waals surface area contributed by atoms with Gasteiger partial charge in [0.2, 0.25) is 0 Å². The average Bonchev–Trinajstić information content (AvgIpc) is 2.99. The molecule has 1 aliphatic carbocycles. The Morgan fingerprint density at radius 1 is 1.23 bits per heavy atom. The fourth-order valence-electron chi connectivity index (χ4n) is 2.12. The molecule has 1 aliphatic heterocycles. The van der Waals surface area contributed by atoms with Gasteiger partial charge in [-0.05, 0) is 37.4 Å². The zero-order valence-corrected chi connectivity index (χ0v) is 9.19. The van der Waals surface area contributed by atoms with E-state index in [4.69, 9.17) is 5.73 Å². The van der Waals surface area contributed by atoms with Gasteiger partial charge in [0.05, 0.1) is 0 Å². The van der Waals surface area contributed by atoms with E-state index in [2.05, 4.69) is 11.8 Å².